The maximum absolute atomic E-state index is 13.3. The predicted molar refractivity (Wildman–Crippen MR) is 80.2 cm³/mol. The van der Waals surface area contributed by atoms with Gasteiger partial charge in [0.15, 0.2) is 0 Å². The second-order valence-electron chi connectivity index (χ2n) is 6.30. The first kappa shape index (κ1) is 15.7. The fourth-order valence-electron chi connectivity index (χ4n) is 2.46. The third kappa shape index (κ3) is 2.25. The fraction of sp³-hybridized carbons (Fsp3) is 0.538. The van der Waals surface area contributed by atoms with E-state index in [0.29, 0.717) is 0 Å². The summed E-state index contributed by atoms with van der Waals surface area (Å²) in [6.45, 7) is 8.03. The Kier molecular flexibility index (Phi) is 3.47. The lowest BCUT2D eigenvalue weighted by Crippen LogP contribution is -2.30. The zero-order valence-electron chi connectivity index (χ0n) is 11.8. The number of sulfonamides is 1. The van der Waals surface area contributed by atoms with Gasteiger partial charge in [-0.3, -0.25) is 0 Å². The van der Waals surface area contributed by atoms with Crippen molar-refractivity contribution in [3.8, 4) is 0 Å². The van der Waals surface area contributed by atoms with Crippen molar-refractivity contribution in [2.24, 2.45) is 10.8 Å². The summed E-state index contributed by atoms with van der Waals surface area (Å²) in [5, 5.41) is 0. The van der Waals surface area contributed by atoms with Gasteiger partial charge in [0, 0.05) is 10.5 Å². The van der Waals surface area contributed by atoms with Crippen LogP contribution in [0, 0.1) is 16.6 Å². The largest absolute Gasteiger partial charge is 0.396 e. The van der Waals surface area contributed by atoms with Crippen LogP contribution in [0.3, 0.4) is 0 Å². The molecule has 0 spiro atoms. The van der Waals surface area contributed by atoms with E-state index in [1.165, 1.54) is 0 Å². The van der Waals surface area contributed by atoms with Crippen LogP contribution in [-0.4, -0.2) is 14.5 Å². The Morgan fingerprint density at radius 1 is 1.25 bits per heavy atom. The van der Waals surface area contributed by atoms with Crippen LogP contribution in [-0.2, 0) is 10.0 Å². The molecule has 112 valence electrons. The molecule has 0 unspecified atom stereocenters. The molecule has 0 aromatic heterocycles. The van der Waals surface area contributed by atoms with Gasteiger partial charge in [0.2, 0.25) is 10.0 Å². The summed E-state index contributed by atoms with van der Waals surface area (Å²) in [6, 6.07) is 2.02. The summed E-state index contributed by atoms with van der Waals surface area (Å²) >= 11 is 3.07. The molecule has 1 saturated carbocycles. The molecule has 0 atom stereocenters. The summed E-state index contributed by atoms with van der Waals surface area (Å²) in [5.74, 6) is -0.650. The second-order valence-corrected chi connectivity index (χ2v) is 8.84. The van der Waals surface area contributed by atoms with Gasteiger partial charge >= 0.3 is 0 Å². The summed E-state index contributed by atoms with van der Waals surface area (Å²) in [7, 11) is -3.75. The van der Waals surface area contributed by atoms with Crippen molar-refractivity contribution in [1.82, 2.24) is 4.72 Å². The quantitative estimate of drug-likeness (QED) is 0.809. The number of nitrogens with two attached hydrogens (primary N) is 1. The number of rotatable bonds is 3. The van der Waals surface area contributed by atoms with E-state index in [1.807, 2.05) is 27.7 Å². The van der Waals surface area contributed by atoms with Crippen molar-refractivity contribution in [2.75, 3.05) is 5.73 Å². The third-order valence-electron chi connectivity index (χ3n) is 4.63. The topological polar surface area (TPSA) is 72.2 Å². The number of nitrogen functional groups attached to an aromatic ring is 1. The van der Waals surface area contributed by atoms with Gasteiger partial charge in [-0.1, -0.05) is 27.7 Å². The minimum atomic E-state index is -3.75. The Labute approximate surface area is 127 Å². The second kappa shape index (κ2) is 4.42. The third-order valence-corrected chi connectivity index (χ3v) is 7.02. The van der Waals surface area contributed by atoms with E-state index in [0.717, 1.165) is 12.1 Å². The molecule has 4 nitrogen and oxygen atoms in total. The van der Waals surface area contributed by atoms with Gasteiger partial charge in [-0.15, -0.1) is 0 Å². The lowest BCUT2D eigenvalue weighted by molar-refractivity contribution is 0.457. The molecule has 0 aliphatic heterocycles. The van der Waals surface area contributed by atoms with Crippen LogP contribution in [0.25, 0.3) is 0 Å². The lowest BCUT2D eigenvalue weighted by Gasteiger charge is -2.11. The molecule has 20 heavy (non-hydrogen) atoms. The average molecular weight is 365 g/mol. The highest BCUT2D eigenvalue weighted by molar-refractivity contribution is 9.10. The normalized spacial score (nSPS) is 20.9. The first-order valence-corrected chi connectivity index (χ1v) is 8.46. The molecule has 0 radical (unpaired) electrons. The van der Waals surface area contributed by atoms with Gasteiger partial charge in [0.05, 0.1) is 10.6 Å². The molecule has 0 saturated heterocycles. The van der Waals surface area contributed by atoms with Crippen LogP contribution in [0.15, 0.2) is 21.5 Å². The van der Waals surface area contributed by atoms with E-state index in [-0.39, 0.29) is 31.9 Å². The van der Waals surface area contributed by atoms with E-state index in [2.05, 4.69) is 20.7 Å². The molecule has 0 heterocycles. The zero-order chi connectivity index (χ0) is 15.5. The first-order valence-electron chi connectivity index (χ1n) is 6.18. The highest BCUT2D eigenvalue weighted by Gasteiger charge is 2.66. The Morgan fingerprint density at radius 2 is 1.75 bits per heavy atom. The molecule has 1 aromatic rings. The van der Waals surface area contributed by atoms with E-state index in [9.17, 15) is 12.8 Å². The first-order chi connectivity index (χ1) is 8.91. The highest BCUT2D eigenvalue weighted by atomic mass is 79.9. The number of halogens is 2. The van der Waals surface area contributed by atoms with Gasteiger partial charge in [-0.2, -0.15) is 0 Å². The SMILES string of the molecule is CC1(C)C(NS(=O)(=O)c2cc(N)c(F)cc2Br)C1(C)C. The highest BCUT2D eigenvalue weighted by Crippen LogP contribution is 2.63. The maximum Gasteiger partial charge on any atom is 0.242 e. The smallest absolute Gasteiger partial charge is 0.242 e. The van der Waals surface area contributed by atoms with Crippen molar-refractivity contribution in [2.45, 2.75) is 38.6 Å². The zero-order valence-corrected chi connectivity index (χ0v) is 14.2. The van der Waals surface area contributed by atoms with Crippen molar-refractivity contribution in [3.63, 3.8) is 0 Å². The molecule has 7 heteroatoms. The monoisotopic (exact) mass is 364 g/mol. The molecule has 1 aliphatic rings. The van der Waals surface area contributed by atoms with Crippen molar-refractivity contribution >= 4 is 31.6 Å². The predicted octanol–water partition coefficient (Wildman–Crippen LogP) is 2.88. The number of benzene rings is 1. The minimum absolute atomic E-state index is 0.0464. The van der Waals surface area contributed by atoms with Gasteiger partial charge < -0.3 is 5.73 Å². The Bertz CT molecular complexity index is 657. The van der Waals surface area contributed by atoms with Gasteiger partial charge in [0.25, 0.3) is 0 Å². The molecular weight excluding hydrogens is 347 g/mol. The van der Waals surface area contributed by atoms with Crippen molar-refractivity contribution in [3.05, 3.63) is 22.4 Å². The molecular formula is C13H18BrFN2O2S. The van der Waals surface area contributed by atoms with Crippen LogP contribution in [0.4, 0.5) is 10.1 Å². The molecule has 0 amide bonds. The lowest BCUT2D eigenvalue weighted by atomic mass is 10.0. The van der Waals surface area contributed by atoms with Gasteiger partial charge in [-0.25, -0.2) is 17.5 Å². The van der Waals surface area contributed by atoms with Crippen LogP contribution < -0.4 is 10.5 Å². The van der Waals surface area contributed by atoms with Gasteiger partial charge in [-0.05, 0) is 38.9 Å². The fourth-order valence-corrected chi connectivity index (χ4v) is 5.04. The Balaban J connectivity index is 2.36. The van der Waals surface area contributed by atoms with E-state index >= 15 is 0 Å². The Hall–Kier alpha value is -0.660. The molecule has 1 aliphatic carbocycles. The maximum atomic E-state index is 13.3. The van der Waals surface area contributed by atoms with E-state index < -0.39 is 15.8 Å². The van der Waals surface area contributed by atoms with Crippen LogP contribution in [0.1, 0.15) is 27.7 Å². The summed E-state index contributed by atoms with van der Waals surface area (Å²) in [6.07, 6.45) is 0. The summed E-state index contributed by atoms with van der Waals surface area (Å²) in [5.41, 5.74) is 5.01. The summed E-state index contributed by atoms with van der Waals surface area (Å²) < 4.78 is 41.0. The standard InChI is InChI=1S/C13H18BrFN2O2S/c1-12(2)11(13(12,3)4)17-20(18,19)10-6-9(16)8(15)5-7(10)14/h5-6,11,17H,16H2,1-4H3. The van der Waals surface area contributed by atoms with E-state index in [4.69, 9.17) is 5.73 Å². The van der Waals surface area contributed by atoms with Crippen molar-refractivity contribution < 1.29 is 12.8 Å². The molecule has 2 rings (SSSR count). The average Bonchev–Trinajstić information content (AvgIpc) is 2.65. The van der Waals surface area contributed by atoms with Crippen molar-refractivity contribution in [1.29, 1.82) is 0 Å². The minimum Gasteiger partial charge on any atom is -0.396 e. The van der Waals surface area contributed by atoms with E-state index in [1.54, 1.807) is 0 Å². The molecule has 3 N–H and O–H groups in total. The van der Waals surface area contributed by atoms with Crippen LogP contribution >= 0.6 is 15.9 Å². The van der Waals surface area contributed by atoms with Crippen LogP contribution in [0.5, 0.6) is 0 Å². The van der Waals surface area contributed by atoms with Gasteiger partial charge in [0.1, 0.15) is 5.82 Å². The number of hydrogen-bond acceptors (Lipinski definition) is 3. The Morgan fingerprint density at radius 3 is 2.20 bits per heavy atom. The number of nitrogens with one attached hydrogen (secondary N) is 1. The molecule has 1 fully saturated rings. The van der Waals surface area contributed by atoms with Crippen LogP contribution in [0.2, 0.25) is 0 Å². The number of anilines is 1. The molecule has 0 bridgehead atoms. The number of hydrogen-bond donors (Lipinski definition) is 2. The summed E-state index contributed by atoms with van der Waals surface area (Å²) in [4.78, 5) is -0.0464. The molecule has 1 aromatic carbocycles.